The second-order valence-electron chi connectivity index (χ2n) is 4.64. The average Bonchev–Trinajstić information content (AvgIpc) is 2.78. The smallest absolute Gasteiger partial charge is 0.273 e. The minimum atomic E-state index is -3.98. The lowest BCUT2D eigenvalue weighted by molar-refractivity contribution is 0.0944. The molecule has 1 aromatic rings. The van der Waals surface area contributed by atoms with Crippen LogP contribution in [-0.2, 0) is 16.4 Å². The number of nitrogens with one attached hydrogen (secondary N) is 2. The van der Waals surface area contributed by atoms with Gasteiger partial charge in [0.15, 0.2) is 5.69 Å². The van der Waals surface area contributed by atoms with Crippen molar-refractivity contribution in [3.63, 3.8) is 0 Å². The van der Waals surface area contributed by atoms with Crippen LogP contribution in [0, 0.1) is 0 Å². The van der Waals surface area contributed by atoms with Gasteiger partial charge < -0.3 is 5.32 Å². The molecule has 1 amide bonds. The van der Waals surface area contributed by atoms with E-state index in [2.05, 4.69) is 22.4 Å². The van der Waals surface area contributed by atoms with Crippen molar-refractivity contribution in [3.8, 4) is 0 Å². The minimum Gasteiger partial charge on any atom is -0.351 e. The highest BCUT2D eigenvalue weighted by Gasteiger charge is 2.26. The third kappa shape index (κ3) is 4.31. The maximum absolute atomic E-state index is 12.0. The molecule has 0 atom stereocenters. The Balaban J connectivity index is 2.92. The van der Waals surface area contributed by atoms with Crippen LogP contribution in [0.3, 0.4) is 0 Å². The van der Waals surface area contributed by atoms with Gasteiger partial charge in [0.1, 0.15) is 4.90 Å². The van der Waals surface area contributed by atoms with Crippen LogP contribution in [0.4, 0.5) is 0 Å². The van der Waals surface area contributed by atoms with Crippen LogP contribution in [0.25, 0.3) is 0 Å². The van der Waals surface area contributed by atoms with Crippen LogP contribution in [0.2, 0.25) is 0 Å². The molecule has 1 rings (SSSR count). The summed E-state index contributed by atoms with van der Waals surface area (Å²) in [4.78, 5) is 11.8. The van der Waals surface area contributed by atoms with Gasteiger partial charge in [0.05, 0.1) is 5.69 Å². The summed E-state index contributed by atoms with van der Waals surface area (Å²) in [5.74, 6) is -0.510. The van der Waals surface area contributed by atoms with Crippen molar-refractivity contribution in [3.05, 3.63) is 11.4 Å². The summed E-state index contributed by atoms with van der Waals surface area (Å²) in [6, 6.07) is 0. The second-order valence-corrected chi connectivity index (χ2v) is 6.14. The van der Waals surface area contributed by atoms with Crippen molar-refractivity contribution in [2.24, 2.45) is 5.14 Å². The molecule has 20 heavy (non-hydrogen) atoms. The molecule has 0 saturated heterocycles. The third-order valence-electron chi connectivity index (χ3n) is 2.86. The van der Waals surface area contributed by atoms with E-state index < -0.39 is 15.9 Å². The summed E-state index contributed by atoms with van der Waals surface area (Å²) in [5, 5.41) is 14.2. The molecule has 0 fully saturated rings. The first-order valence-electron chi connectivity index (χ1n) is 6.80. The molecular formula is C12H22N4O3S. The molecule has 4 N–H and O–H groups in total. The van der Waals surface area contributed by atoms with Crippen LogP contribution >= 0.6 is 0 Å². The highest BCUT2D eigenvalue weighted by atomic mass is 32.2. The summed E-state index contributed by atoms with van der Waals surface area (Å²) in [6.07, 6.45) is 4.09. The van der Waals surface area contributed by atoms with Gasteiger partial charge in [-0.1, -0.05) is 33.1 Å². The van der Waals surface area contributed by atoms with Crippen molar-refractivity contribution >= 4 is 15.9 Å². The number of unbranched alkanes of at least 4 members (excludes halogenated alkanes) is 2. The molecular weight excluding hydrogens is 280 g/mol. The van der Waals surface area contributed by atoms with E-state index in [1.54, 1.807) is 0 Å². The lowest BCUT2D eigenvalue weighted by atomic mass is 10.2. The zero-order valence-electron chi connectivity index (χ0n) is 11.9. The van der Waals surface area contributed by atoms with Gasteiger partial charge in [-0.2, -0.15) is 5.10 Å². The fourth-order valence-electron chi connectivity index (χ4n) is 1.91. The monoisotopic (exact) mass is 302 g/mol. The second kappa shape index (κ2) is 7.39. The van der Waals surface area contributed by atoms with E-state index in [-0.39, 0.29) is 10.6 Å². The standard InChI is InChI=1S/C12H22N4O3S/c1-3-5-6-8-14-12(17)10-11(20(13,18)19)9(7-4-2)15-16-10/h3-8H2,1-2H3,(H,14,17)(H,15,16)(H2,13,18,19). The zero-order chi connectivity index (χ0) is 15.2. The minimum absolute atomic E-state index is 0.146. The number of nitrogens with two attached hydrogens (primary N) is 1. The van der Waals surface area contributed by atoms with Gasteiger partial charge in [-0.15, -0.1) is 0 Å². The van der Waals surface area contributed by atoms with Gasteiger partial charge in [0, 0.05) is 6.54 Å². The molecule has 0 radical (unpaired) electrons. The van der Waals surface area contributed by atoms with E-state index in [4.69, 9.17) is 5.14 Å². The van der Waals surface area contributed by atoms with Crippen molar-refractivity contribution in [1.82, 2.24) is 15.5 Å². The van der Waals surface area contributed by atoms with E-state index in [9.17, 15) is 13.2 Å². The van der Waals surface area contributed by atoms with E-state index >= 15 is 0 Å². The molecule has 0 unspecified atom stereocenters. The molecule has 1 aromatic heterocycles. The molecule has 0 aliphatic heterocycles. The van der Waals surface area contributed by atoms with Crippen molar-refractivity contribution in [2.45, 2.75) is 50.8 Å². The normalized spacial score (nSPS) is 11.6. The Labute approximate surface area is 119 Å². The van der Waals surface area contributed by atoms with Crippen LogP contribution in [0.5, 0.6) is 0 Å². The Morgan fingerprint density at radius 3 is 2.55 bits per heavy atom. The van der Waals surface area contributed by atoms with Crippen molar-refractivity contribution < 1.29 is 13.2 Å². The number of carbonyl (C=O) groups is 1. The highest BCUT2D eigenvalue weighted by molar-refractivity contribution is 7.89. The number of rotatable bonds is 8. The number of hydrogen-bond donors (Lipinski definition) is 3. The fraction of sp³-hybridized carbons (Fsp3) is 0.667. The van der Waals surface area contributed by atoms with Crippen LogP contribution in [-0.4, -0.2) is 31.1 Å². The quantitative estimate of drug-likeness (QED) is 0.619. The number of aryl methyl sites for hydroxylation is 1. The molecule has 0 spiro atoms. The molecule has 0 bridgehead atoms. The summed E-state index contributed by atoms with van der Waals surface area (Å²) in [6.45, 7) is 4.45. The van der Waals surface area contributed by atoms with Gasteiger partial charge in [-0.3, -0.25) is 9.89 Å². The summed E-state index contributed by atoms with van der Waals surface area (Å²) in [7, 11) is -3.98. The van der Waals surface area contributed by atoms with Gasteiger partial charge in [-0.05, 0) is 12.8 Å². The van der Waals surface area contributed by atoms with Crippen LogP contribution in [0.15, 0.2) is 4.90 Å². The SMILES string of the molecule is CCCCCNC(=O)c1n[nH]c(CCC)c1S(N)(=O)=O. The van der Waals surface area contributed by atoms with Crippen LogP contribution in [0.1, 0.15) is 55.7 Å². The van der Waals surface area contributed by atoms with E-state index in [0.29, 0.717) is 18.7 Å². The number of sulfonamides is 1. The number of carbonyl (C=O) groups excluding carboxylic acids is 1. The largest absolute Gasteiger partial charge is 0.351 e. The number of H-pyrrole nitrogens is 1. The maximum Gasteiger partial charge on any atom is 0.273 e. The predicted molar refractivity (Wildman–Crippen MR) is 75.8 cm³/mol. The van der Waals surface area contributed by atoms with Crippen LogP contribution < -0.4 is 10.5 Å². The number of nitrogens with zero attached hydrogens (tertiary/aromatic N) is 1. The van der Waals surface area contributed by atoms with Gasteiger partial charge in [0.2, 0.25) is 10.0 Å². The van der Waals surface area contributed by atoms with Crippen molar-refractivity contribution in [1.29, 1.82) is 0 Å². The van der Waals surface area contributed by atoms with E-state index in [1.165, 1.54) is 0 Å². The highest BCUT2D eigenvalue weighted by Crippen LogP contribution is 2.18. The Morgan fingerprint density at radius 2 is 2.00 bits per heavy atom. The molecule has 1 heterocycles. The maximum atomic E-state index is 12.0. The van der Waals surface area contributed by atoms with Gasteiger partial charge >= 0.3 is 0 Å². The number of amides is 1. The summed E-state index contributed by atoms with van der Waals surface area (Å²) >= 11 is 0. The predicted octanol–water partition coefficient (Wildman–Crippen LogP) is 0.930. The van der Waals surface area contributed by atoms with E-state index in [0.717, 1.165) is 25.7 Å². The molecule has 114 valence electrons. The fourth-order valence-corrected chi connectivity index (χ4v) is 2.81. The molecule has 0 aliphatic rings. The molecule has 0 saturated carbocycles. The molecule has 0 aromatic carbocycles. The lowest BCUT2D eigenvalue weighted by Gasteiger charge is -2.05. The van der Waals surface area contributed by atoms with E-state index in [1.807, 2.05) is 6.92 Å². The number of primary sulfonamides is 1. The molecule has 7 nitrogen and oxygen atoms in total. The first kappa shape index (κ1) is 16.6. The van der Waals surface area contributed by atoms with Crippen molar-refractivity contribution in [2.75, 3.05) is 6.54 Å². The number of aromatic nitrogens is 2. The Kier molecular flexibility index (Phi) is 6.15. The average molecular weight is 302 g/mol. The Bertz CT molecular complexity index is 551. The van der Waals surface area contributed by atoms with Gasteiger partial charge in [0.25, 0.3) is 5.91 Å². The number of hydrogen-bond acceptors (Lipinski definition) is 4. The first-order chi connectivity index (χ1) is 9.41. The topological polar surface area (TPSA) is 118 Å². The molecule has 8 heteroatoms. The zero-order valence-corrected chi connectivity index (χ0v) is 12.7. The Hall–Kier alpha value is -1.41. The summed E-state index contributed by atoms with van der Waals surface area (Å²) in [5.41, 5.74) is 0.237. The lowest BCUT2D eigenvalue weighted by Crippen LogP contribution is -2.27. The van der Waals surface area contributed by atoms with Gasteiger partial charge in [-0.25, -0.2) is 13.6 Å². The number of aromatic amines is 1. The Morgan fingerprint density at radius 1 is 1.30 bits per heavy atom. The molecule has 0 aliphatic carbocycles. The third-order valence-corrected chi connectivity index (χ3v) is 3.87. The summed E-state index contributed by atoms with van der Waals surface area (Å²) < 4.78 is 23.3. The first-order valence-corrected chi connectivity index (χ1v) is 8.34.